The third-order valence-electron chi connectivity index (χ3n) is 6.20. The minimum atomic E-state index is -0.434. The first-order chi connectivity index (χ1) is 14.9. The number of nitriles is 1. The topological polar surface area (TPSA) is 79.2 Å². The van der Waals surface area contributed by atoms with Gasteiger partial charge in [0, 0.05) is 44.7 Å². The molecule has 0 bridgehead atoms. The van der Waals surface area contributed by atoms with Crippen LogP contribution in [0.2, 0.25) is 0 Å². The van der Waals surface area contributed by atoms with E-state index in [9.17, 15) is 14.9 Å². The Bertz CT molecular complexity index is 993. The molecule has 2 heterocycles. The molecule has 1 fully saturated rings. The number of methoxy groups -OCH3 is 1. The molecular formula is C24H30N3O3SY+. The number of anilines is 1. The van der Waals surface area contributed by atoms with Crippen LogP contribution in [-0.2, 0) is 48.8 Å². The summed E-state index contributed by atoms with van der Waals surface area (Å²) in [4.78, 5) is 26.1. The number of esters is 1. The van der Waals surface area contributed by atoms with E-state index in [1.807, 2.05) is 43.5 Å². The molecule has 1 atom stereocenters. The number of amides is 1. The van der Waals surface area contributed by atoms with Crippen LogP contribution in [-0.4, -0.2) is 42.6 Å². The van der Waals surface area contributed by atoms with Crippen LogP contribution in [0, 0.1) is 18.3 Å². The summed E-state index contributed by atoms with van der Waals surface area (Å²) in [7, 11) is 1.35. The van der Waals surface area contributed by atoms with Crippen molar-refractivity contribution in [2.45, 2.75) is 52.1 Å². The van der Waals surface area contributed by atoms with E-state index in [0.29, 0.717) is 33.6 Å². The average Bonchev–Trinajstić information content (AvgIpc) is 3.14. The van der Waals surface area contributed by atoms with Crippen LogP contribution in [0.4, 0.5) is 5.69 Å². The maximum Gasteiger partial charge on any atom is 0.350 e. The van der Waals surface area contributed by atoms with E-state index in [0.717, 1.165) is 37.1 Å². The molecule has 1 unspecified atom stereocenters. The van der Waals surface area contributed by atoms with Gasteiger partial charge in [-0.15, -0.1) is 11.3 Å². The average molecular weight is 529 g/mol. The largest absolute Gasteiger partial charge is 0.465 e. The molecule has 1 aromatic heterocycles. The number of nitrogens with one attached hydrogen (secondary N) is 1. The molecule has 0 aliphatic carbocycles. The van der Waals surface area contributed by atoms with Gasteiger partial charge in [0.25, 0.3) is 5.91 Å². The smallest absolute Gasteiger partial charge is 0.350 e. The Kier molecular flexibility index (Phi) is 10.0. The van der Waals surface area contributed by atoms with Crippen LogP contribution in [0.1, 0.15) is 59.0 Å². The van der Waals surface area contributed by atoms with E-state index in [1.165, 1.54) is 24.9 Å². The Labute approximate surface area is 219 Å². The fraction of sp³-hybridized carbons (Fsp3) is 0.458. The Hall–Kier alpha value is -1.59. The van der Waals surface area contributed by atoms with E-state index in [1.54, 1.807) is 0 Å². The summed E-state index contributed by atoms with van der Waals surface area (Å²) in [5, 5.41) is 14.2. The fourth-order valence-corrected chi connectivity index (χ4v) is 5.62. The number of piperidine rings is 1. The van der Waals surface area contributed by atoms with Crippen molar-refractivity contribution in [2.24, 2.45) is 0 Å². The van der Waals surface area contributed by atoms with Crippen molar-refractivity contribution >= 4 is 28.9 Å². The maximum atomic E-state index is 13.5. The zero-order valence-corrected chi connectivity index (χ0v) is 22.7. The van der Waals surface area contributed by atoms with Crippen LogP contribution in [0.3, 0.4) is 0 Å². The number of hydrogen-bond acceptors (Lipinski definition) is 5. The molecule has 6 nitrogen and oxygen atoms in total. The monoisotopic (exact) mass is 529 g/mol. The zero-order chi connectivity index (χ0) is 22.4. The van der Waals surface area contributed by atoms with Gasteiger partial charge in [-0.1, -0.05) is 19.1 Å². The molecule has 1 radical (unpaired) electrons. The fourth-order valence-electron chi connectivity index (χ4n) is 4.70. The van der Waals surface area contributed by atoms with E-state index >= 15 is 0 Å². The van der Waals surface area contributed by atoms with Crippen molar-refractivity contribution < 1.29 is 51.5 Å². The summed E-state index contributed by atoms with van der Waals surface area (Å²) >= 11 is 1.29. The number of rotatable bonds is 7. The number of quaternary nitrogens is 1. The second-order valence-electron chi connectivity index (χ2n) is 8.22. The molecule has 1 amide bonds. The van der Waals surface area contributed by atoms with Gasteiger partial charge in [-0.2, -0.15) is 5.26 Å². The molecule has 1 N–H and O–H groups in total. The molecule has 8 heteroatoms. The first-order valence-corrected chi connectivity index (χ1v) is 11.6. The van der Waals surface area contributed by atoms with Gasteiger partial charge >= 0.3 is 5.97 Å². The third-order valence-corrected chi connectivity index (χ3v) is 7.28. The number of likely N-dealkylation sites (tertiary alicyclic amines) is 1. The van der Waals surface area contributed by atoms with Crippen molar-refractivity contribution in [1.82, 2.24) is 0 Å². The predicted octanol–water partition coefficient (Wildman–Crippen LogP) is 4.63. The molecule has 167 valence electrons. The normalized spacial score (nSPS) is 15.7. The van der Waals surface area contributed by atoms with Crippen LogP contribution < -0.4 is 5.32 Å². The van der Waals surface area contributed by atoms with Gasteiger partial charge in [0.1, 0.15) is 11.4 Å². The molecule has 0 spiro atoms. The number of carbonyl (C=O) groups is 2. The number of ether oxygens (including phenoxy) is 1. The quantitative estimate of drug-likeness (QED) is 0.419. The number of carbonyl (C=O) groups excluding carboxylic acids is 2. The minimum Gasteiger partial charge on any atom is -0.465 e. The van der Waals surface area contributed by atoms with Gasteiger partial charge in [-0.3, -0.25) is 4.79 Å². The number of thiophene rings is 1. The number of benzene rings is 1. The molecule has 1 aliphatic rings. The maximum absolute atomic E-state index is 13.5. The van der Waals surface area contributed by atoms with Crippen LogP contribution in [0.5, 0.6) is 0 Å². The van der Waals surface area contributed by atoms with Crippen molar-refractivity contribution in [1.29, 1.82) is 5.26 Å². The van der Waals surface area contributed by atoms with Crippen LogP contribution >= 0.6 is 11.3 Å². The summed E-state index contributed by atoms with van der Waals surface area (Å²) < 4.78 is 5.56. The van der Waals surface area contributed by atoms with Gasteiger partial charge in [0.15, 0.2) is 6.04 Å². The van der Waals surface area contributed by atoms with Crippen molar-refractivity contribution in [2.75, 3.05) is 25.5 Å². The van der Waals surface area contributed by atoms with E-state index in [2.05, 4.69) is 11.4 Å². The van der Waals surface area contributed by atoms with Crippen LogP contribution in [0.15, 0.2) is 29.6 Å². The summed E-state index contributed by atoms with van der Waals surface area (Å²) in [6, 6.07) is 9.66. The van der Waals surface area contributed by atoms with Gasteiger partial charge < -0.3 is 14.5 Å². The van der Waals surface area contributed by atoms with Gasteiger partial charge in [-0.05, 0) is 49.3 Å². The van der Waals surface area contributed by atoms with Crippen molar-refractivity contribution in [3.8, 4) is 6.07 Å². The number of nitrogens with zero attached hydrogens (tertiary/aromatic N) is 2. The Morgan fingerprint density at radius 3 is 2.62 bits per heavy atom. The molecular weight excluding hydrogens is 499 g/mol. The van der Waals surface area contributed by atoms with Gasteiger partial charge in [0.05, 0.1) is 37.5 Å². The minimum absolute atomic E-state index is 0. The SMILES string of the molecule is CCC(C(=O)Nc1c(C)csc1C(=O)OC)[N+]1(Cc2cccc(C#N)c2)CCCCC1.[Y]. The molecule has 1 aromatic carbocycles. The second kappa shape index (κ2) is 12.0. The Morgan fingerprint density at radius 2 is 2.00 bits per heavy atom. The zero-order valence-electron chi connectivity index (χ0n) is 19.0. The van der Waals surface area contributed by atoms with E-state index < -0.39 is 5.97 Å². The molecule has 1 aliphatic heterocycles. The number of aryl methyl sites for hydroxylation is 1. The van der Waals surface area contributed by atoms with Gasteiger partial charge in [-0.25, -0.2) is 4.79 Å². The molecule has 0 saturated carbocycles. The first kappa shape index (κ1) is 26.7. The molecule has 2 aromatic rings. The predicted molar refractivity (Wildman–Crippen MR) is 122 cm³/mol. The summed E-state index contributed by atoms with van der Waals surface area (Å²) in [6.45, 7) is 6.50. The summed E-state index contributed by atoms with van der Waals surface area (Å²) in [5.74, 6) is -0.496. The van der Waals surface area contributed by atoms with Crippen molar-refractivity contribution in [3.05, 3.63) is 51.2 Å². The van der Waals surface area contributed by atoms with E-state index in [-0.39, 0.29) is 44.7 Å². The summed E-state index contributed by atoms with van der Waals surface area (Å²) in [5.41, 5.74) is 3.14. The third kappa shape index (κ3) is 5.85. The number of hydrogen-bond donors (Lipinski definition) is 1. The van der Waals surface area contributed by atoms with Crippen molar-refractivity contribution in [3.63, 3.8) is 0 Å². The summed E-state index contributed by atoms with van der Waals surface area (Å²) in [6.07, 6.45) is 4.02. The van der Waals surface area contributed by atoms with Crippen LogP contribution in [0.25, 0.3) is 0 Å². The Balaban J connectivity index is 0.00000363. The van der Waals surface area contributed by atoms with Gasteiger partial charge in [0.2, 0.25) is 0 Å². The molecule has 1 saturated heterocycles. The first-order valence-electron chi connectivity index (χ1n) is 10.8. The molecule has 32 heavy (non-hydrogen) atoms. The second-order valence-corrected chi connectivity index (χ2v) is 9.10. The standard InChI is InChI=1S/C24H29N3O3S.Y/c1-4-20(23(28)26-21-17(2)16-31-22(21)24(29)30-3)27(11-6-5-7-12-27)15-19-10-8-9-18(13-19)14-25;/h8-10,13,16,20H,4-7,11-12,15H2,1-3H3;/p+1. The van der Waals surface area contributed by atoms with E-state index in [4.69, 9.17) is 4.74 Å². The Morgan fingerprint density at radius 1 is 1.28 bits per heavy atom. The molecule has 3 rings (SSSR count).